The van der Waals surface area contributed by atoms with Crippen molar-refractivity contribution in [2.24, 2.45) is 17.1 Å². The highest BCUT2D eigenvalue weighted by atomic mass is 16.5. The van der Waals surface area contributed by atoms with Gasteiger partial charge in [-0.05, 0) is 32.8 Å². The first kappa shape index (κ1) is 16.7. The topological polar surface area (TPSA) is 70.1 Å². The van der Waals surface area contributed by atoms with Crippen molar-refractivity contribution in [1.82, 2.24) is 9.78 Å². The van der Waals surface area contributed by atoms with Crippen molar-refractivity contribution in [3.8, 4) is 0 Å². The lowest BCUT2D eigenvalue weighted by atomic mass is 9.73. The highest BCUT2D eigenvalue weighted by molar-refractivity contribution is 5.78. The van der Waals surface area contributed by atoms with E-state index in [1.165, 1.54) is 0 Å². The molecule has 0 aliphatic rings. The number of ether oxygens (including phenoxy) is 1. The third-order valence-corrected chi connectivity index (χ3v) is 3.84. The van der Waals surface area contributed by atoms with Crippen LogP contribution in [-0.4, -0.2) is 28.9 Å². The number of carbonyl (C=O) groups excluding carboxylic acids is 1. The second-order valence-corrected chi connectivity index (χ2v) is 5.79. The van der Waals surface area contributed by atoms with E-state index in [4.69, 9.17) is 10.5 Å². The molecule has 2 N–H and O–H groups in total. The average Bonchev–Trinajstić information content (AvgIpc) is 2.84. The quantitative estimate of drug-likeness (QED) is 0.778. The molecule has 0 spiro atoms. The van der Waals surface area contributed by atoms with Crippen LogP contribution in [0.3, 0.4) is 0 Å². The standard InChI is InChI=1S/C15H27N3O2/c1-6-20-14(19)15(10-16,11(2)3)9-13-7-8-18(17-13)12(4)5/h7-8,11-12H,6,9-10,16H2,1-5H3. The van der Waals surface area contributed by atoms with Crippen LogP contribution in [0.4, 0.5) is 0 Å². The van der Waals surface area contributed by atoms with Gasteiger partial charge in [-0.1, -0.05) is 13.8 Å². The first-order valence-corrected chi connectivity index (χ1v) is 7.28. The molecule has 1 atom stereocenters. The van der Waals surface area contributed by atoms with E-state index < -0.39 is 5.41 Å². The van der Waals surface area contributed by atoms with Gasteiger partial charge < -0.3 is 10.5 Å². The van der Waals surface area contributed by atoms with Crippen LogP contribution in [0.1, 0.15) is 46.4 Å². The zero-order valence-corrected chi connectivity index (χ0v) is 13.2. The normalized spacial score (nSPS) is 14.6. The average molecular weight is 281 g/mol. The van der Waals surface area contributed by atoms with Crippen LogP contribution in [-0.2, 0) is 16.0 Å². The highest BCUT2D eigenvalue weighted by Gasteiger charge is 2.42. The van der Waals surface area contributed by atoms with Crippen LogP contribution in [0.25, 0.3) is 0 Å². The summed E-state index contributed by atoms with van der Waals surface area (Å²) in [5.41, 5.74) is 6.10. The molecular formula is C15H27N3O2. The van der Waals surface area contributed by atoms with E-state index in [1.54, 1.807) is 0 Å². The smallest absolute Gasteiger partial charge is 0.314 e. The molecule has 0 fully saturated rings. The molecule has 1 aromatic rings. The van der Waals surface area contributed by atoms with E-state index >= 15 is 0 Å². The number of nitrogens with zero attached hydrogens (tertiary/aromatic N) is 2. The zero-order valence-electron chi connectivity index (χ0n) is 13.2. The molecule has 5 nitrogen and oxygen atoms in total. The van der Waals surface area contributed by atoms with E-state index in [1.807, 2.05) is 37.7 Å². The van der Waals surface area contributed by atoms with Crippen LogP contribution < -0.4 is 5.73 Å². The van der Waals surface area contributed by atoms with E-state index in [9.17, 15) is 4.79 Å². The maximum atomic E-state index is 12.3. The molecule has 0 saturated heterocycles. The summed E-state index contributed by atoms with van der Waals surface area (Å²) in [6.07, 6.45) is 2.45. The van der Waals surface area contributed by atoms with Gasteiger partial charge in [-0.15, -0.1) is 0 Å². The summed E-state index contributed by atoms with van der Waals surface area (Å²) in [5.74, 6) is -0.132. The second-order valence-electron chi connectivity index (χ2n) is 5.79. The Balaban J connectivity index is 3.02. The number of rotatable bonds is 7. The SMILES string of the molecule is CCOC(=O)C(CN)(Cc1ccn(C(C)C)n1)C(C)C. The Morgan fingerprint density at radius 3 is 2.50 bits per heavy atom. The van der Waals surface area contributed by atoms with Crippen molar-refractivity contribution in [2.45, 2.75) is 47.1 Å². The lowest BCUT2D eigenvalue weighted by Crippen LogP contribution is -2.46. The molecule has 1 unspecified atom stereocenters. The van der Waals surface area contributed by atoms with Gasteiger partial charge in [-0.3, -0.25) is 9.48 Å². The summed E-state index contributed by atoms with van der Waals surface area (Å²) < 4.78 is 7.12. The van der Waals surface area contributed by atoms with Crippen LogP contribution in [0.15, 0.2) is 12.3 Å². The minimum atomic E-state index is -0.702. The largest absolute Gasteiger partial charge is 0.466 e. The predicted octanol–water partition coefficient (Wildman–Crippen LogP) is 2.17. The van der Waals surface area contributed by atoms with Crippen molar-refractivity contribution in [2.75, 3.05) is 13.2 Å². The Morgan fingerprint density at radius 1 is 1.45 bits per heavy atom. The van der Waals surface area contributed by atoms with E-state index in [-0.39, 0.29) is 18.4 Å². The number of hydrogen-bond donors (Lipinski definition) is 1. The molecule has 0 bridgehead atoms. The molecule has 0 saturated carbocycles. The first-order chi connectivity index (χ1) is 9.37. The minimum absolute atomic E-state index is 0.0933. The first-order valence-electron chi connectivity index (χ1n) is 7.28. The number of carbonyl (C=O) groups is 1. The molecule has 114 valence electrons. The zero-order chi connectivity index (χ0) is 15.3. The Morgan fingerprint density at radius 2 is 2.10 bits per heavy atom. The van der Waals surface area contributed by atoms with Crippen LogP contribution in [0.2, 0.25) is 0 Å². The van der Waals surface area contributed by atoms with Crippen molar-refractivity contribution in [3.05, 3.63) is 18.0 Å². The molecule has 1 aromatic heterocycles. The summed E-state index contributed by atoms with van der Waals surface area (Å²) in [7, 11) is 0. The highest BCUT2D eigenvalue weighted by Crippen LogP contribution is 2.32. The fourth-order valence-electron chi connectivity index (χ4n) is 2.26. The van der Waals surface area contributed by atoms with Gasteiger partial charge in [0.2, 0.25) is 0 Å². The summed E-state index contributed by atoms with van der Waals surface area (Å²) in [6, 6.07) is 2.25. The third-order valence-electron chi connectivity index (χ3n) is 3.84. The molecule has 0 aromatic carbocycles. The van der Waals surface area contributed by atoms with Crippen molar-refractivity contribution < 1.29 is 9.53 Å². The lowest BCUT2D eigenvalue weighted by Gasteiger charge is -2.33. The molecule has 5 heteroatoms. The van der Waals surface area contributed by atoms with Gasteiger partial charge in [-0.2, -0.15) is 5.10 Å². The molecule has 0 aliphatic heterocycles. The maximum absolute atomic E-state index is 12.3. The summed E-state index contributed by atoms with van der Waals surface area (Å²) >= 11 is 0. The fraction of sp³-hybridized carbons (Fsp3) is 0.733. The number of esters is 1. The molecule has 1 heterocycles. The lowest BCUT2D eigenvalue weighted by molar-refractivity contribution is -0.157. The third kappa shape index (κ3) is 3.39. The van der Waals surface area contributed by atoms with Gasteiger partial charge >= 0.3 is 5.97 Å². The molecule has 0 radical (unpaired) electrons. The van der Waals surface area contributed by atoms with Gasteiger partial charge in [0.1, 0.15) is 0 Å². The number of aromatic nitrogens is 2. The molecule has 0 amide bonds. The fourth-order valence-corrected chi connectivity index (χ4v) is 2.26. The Labute approximate surface area is 121 Å². The van der Waals surface area contributed by atoms with Gasteiger partial charge in [0.05, 0.1) is 17.7 Å². The Hall–Kier alpha value is -1.36. The molecule has 20 heavy (non-hydrogen) atoms. The van der Waals surface area contributed by atoms with E-state index in [0.717, 1.165) is 5.69 Å². The van der Waals surface area contributed by atoms with Crippen molar-refractivity contribution >= 4 is 5.97 Å². The van der Waals surface area contributed by atoms with Crippen molar-refractivity contribution in [1.29, 1.82) is 0 Å². The van der Waals surface area contributed by atoms with Crippen LogP contribution >= 0.6 is 0 Å². The monoisotopic (exact) mass is 281 g/mol. The summed E-state index contributed by atoms with van der Waals surface area (Å²) in [6.45, 7) is 10.6. The van der Waals surface area contributed by atoms with Gasteiger partial charge in [0.15, 0.2) is 0 Å². The van der Waals surface area contributed by atoms with Crippen molar-refractivity contribution in [3.63, 3.8) is 0 Å². The Kier molecular flexibility index (Phi) is 5.74. The van der Waals surface area contributed by atoms with E-state index in [0.29, 0.717) is 19.1 Å². The molecule has 1 rings (SSSR count). The summed E-state index contributed by atoms with van der Waals surface area (Å²) in [4.78, 5) is 12.3. The summed E-state index contributed by atoms with van der Waals surface area (Å²) in [5, 5.41) is 4.52. The minimum Gasteiger partial charge on any atom is -0.466 e. The molecule has 0 aliphatic carbocycles. The van der Waals surface area contributed by atoms with Gasteiger partial charge in [0.25, 0.3) is 0 Å². The van der Waals surface area contributed by atoms with Gasteiger partial charge in [0, 0.05) is 25.2 Å². The maximum Gasteiger partial charge on any atom is 0.314 e. The van der Waals surface area contributed by atoms with Gasteiger partial charge in [-0.25, -0.2) is 0 Å². The van der Waals surface area contributed by atoms with Crippen LogP contribution in [0, 0.1) is 11.3 Å². The number of nitrogens with two attached hydrogens (primary N) is 1. The van der Waals surface area contributed by atoms with Crippen LogP contribution in [0.5, 0.6) is 0 Å². The Bertz CT molecular complexity index is 440. The number of hydrogen-bond acceptors (Lipinski definition) is 4. The van der Waals surface area contributed by atoms with E-state index in [2.05, 4.69) is 18.9 Å². The molecular weight excluding hydrogens is 254 g/mol. The second kappa shape index (κ2) is 6.88. The predicted molar refractivity (Wildman–Crippen MR) is 79.3 cm³/mol.